The zero-order valence-corrected chi connectivity index (χ0v) is 14.5. The van der Waals surface area contributed by atoms with Gasteiger partial charge in [0.15, 0.2) is 23.1 Å². The van der Waals surface area contributed by atoms with E-state index in [1.54, 1.807) is 18.2 Å². The lowest BCUT2D eigenvalue weighted by atomic mass is 10.2. The molecule has 0 aromatic heterocycles. The fourth-order valence-electron chi connectivity index (χ4n) is 2.10. The van der Waals surface area contributed by atoms with Crippen molar-refractivity contribution in [2.24, 2.45) is 0 Å². The Morgan fingerprint density at radius 2 is 1.73 bits per heavy atom. The molecule has 1 amide bonds. The summed E-state index contributed by atoms with van der Waals surface area (Å²) in [5.41, 5.74) is 0.190. The molecule has 0 fully saturated rings. The summed E-state index contributed by atoms with van der Waals surface area (Å²) < 4.78 is 50.4. The number of anilines is 1. The van der Waals surface area contributed by atoms with Gasteiger partial charge in [0.2, 0.25) is 5.91 Å². The normalized spacial score (nSPS) is 11.0. The molecular weight excluding hydrogens is 347 g/mol. The standard InChI is InChI=1S/C19H18F3NO3/c1-11(2)26-17-6-4-12(8-18(17)25-3)5-7-19(24)23-16-10-14(21)13(20)9-15(16)22/h4-11H,1-3H3,(H,23,24)/b7-5+. The van der Waals surface area contributed by atoms with Gasteiger partial charge in [-0.1, -0.05) is 6.07 Å². The highest BCUT2D eigenvalue weighted by Gasteiger charge is 2.11. The Morgan fingerprint density at radius 1 is 1.04 bits per heavy atom. The lowest BCUT2D eigenvalue weighted by molar-refractivity contribution is -0.111. The fourth-order valence-corrected chi connectivity index (χ4v) is 2.10. The molecule has 0 saturated heterocycles. The third kappa shape index (κ3) is 5.02. The van der Waals surface area contributed by atoms with Gasteiger partial charge in [0.1, 0.15) is 5.82 Å². The van der Waals surface area contributed by atoms with Crippen LogP contribution in [0.1, 0.15) is 19.4 Å². The highest BCUT2D eigenvalue weighted by atomic mass is 19.2. The van der Waals surface area contributed by atoms with Gasteiger partial charge >= 0.3 is 0 Å². The third-order valence-electron chi connectivity index (χ3n) is 3.25. The predicted molar refractivity (Wildman–Crippen MR) is 92.7 cm³/mol. The van der Waals surface area contributed by atoms with Crippen LogP contribution in [0.3, 0.4) is 0 Å². The molecule has 0 heterocycles. The first kappa shape index (κ1) is 19.4. The minimum atomic E-state index is -1.33. The topological polar surface area (TPSA) is 47.6 Å². The Balaban J connectivity index is 2.11. The number of nitrogens with one attached hydrogen (secondary N) is 1. The maximum Gasteiger partial charge on any atom is 0.248 e. The van der Waals surface area contributed by atoms with E-state index in [-0.39, 0.29) is 6.10 Å². The molecule has 0 radical (unpaired) electrons. The summed E-state index contributed by atoms with van der Waals surface area (Å²) in [6, 6.07) is 6.03. The van der Waals surface area contributed by atoms with E-state index in [1.165, 1.54) is 13.2 Å². The minimum Gasteiger partial charge on any atom is -0.493 e. The second kappa shape index (κ2) is 8.42. The van der Waals surface area contributed by atoms with Crippen LogP contribution in [0.2, 0.25) is 0 Å². The molecule has 2 aromatic carbocycles. The van der Waals surface area contributed by atoms with E-state index in [0.29, 0.717) is 29.2 Å². The highest BCUT2D eigenvalue weighted by molar-refractivity contribution is 6.02. The molecule has 2 aromatic rings. The van der Waals surface area contributed by atoms with E-state index < -0.39 is 29.0 Å². The number of rotatable bonds is 6. The van der Waals surface area contributed by atoms with Crippen LogP contribution in [0.5, 0.6) is 11.5 Å². The van der Waals surface area contributed by atoms with Crippen molar-refractivity contribution in [3.63, 3.8) is 0 Å². The summed E-state index contributed by atoms with van der Waals surface area (Å²) in [6.45, 7) is 3.77. The van der Waals surface area contributed by atoms with Gasteiger partial charge in [0, 0.05) is 18.2 Å². The fraction of sp³-hybridized carbons (Fsp3) is 0.211. The van der Waals surface area contributed by atoms with Crippen LogP contribution in [-0.2, 0) is 4.79 Å². The molecule has 0 saturated carbocycles. The summed E-state index contributed by atoms with van der Waals surface area (Å²) in [4.78, 5) is 11.9. The maximum atomic E-state index is 13.5. The summed E-state index contributed by atoms with van der Waals surface area (Å²) in [6.07, 6.45) is 2.58. The Morgan fingerprint density at radius 3 is 2.38 bits per heavy atom. The van der Waals surface area contributed by atoms with Crippen LogP contribution in [0.4, 0.5) is 18.9 Å². The van der Waals surface area contributed by atoms with E-state index in [2.05, 4.69) is 5.32 Å². The van der Waals surface area contributed by atoms with Crippen LogP contribution in [0.15, 0.2) is 36.4 Å². The van der Waals surface area contributed by atoms with Crippen LogP contribution in [0, 0.1) is 17.5 Å². The average molecular weight is 365 g/mol. The molecule has 1 N–H and O–H groups in total. The SMILES string of the molecule is COc1cc(/C=C/C(=O)Nc2cc(F)c(F)cc2F)ccc1OC(C)C. The monoisotopic (exact) mass is 365 g/mol. The molecule has 0 aliphatic carbocycles. The first-order valence-electron chi connectivity index (χ1n) is 7.78. The maximum absolute atomic E-state index is 13.5. The van der Waals surface area contributed by atoms with Gasteiger partial charge in [0.25, 0.3) is 0 Å². The van der Waals surface area contributed by atoms with Crippen molar-refractivity contribution >= 4 is 17.7 Å². The Hall–Kier alpha value is -2.96. The van der Waals surface area contributed by atoms with E-state index in [4.69, 9.17) is 9.47 Å². The minimum absolute atomic E-state index is 0.0259. The van der Waals surface area contributed by atoms with Crippen molar-refractivity contribution in [2.75, 3.05) is 12.4 Å². The summed E-state index contributed by atoms with van der Waals surface area (Å²) >= 11 is 0. The molecule has 2 rings (SSSR count). The number of methoxy groups -OCH3 is 1. The number of amides is 1. The Kier molecular flexibility index (Phi) is 6.27. The van der Waals surface area contributed by atoms with Crippen molar-refractivity contribution in [2.45, 2.75) is 20.0 Å². The number of halogens is 3. The van der Waals surface area contributed by atoms with Gasteiger partial charge in [-0.3, -0.25) is 4.79 Å². The van der Waals surface area contributed by atoms with Gasteiger partial charge in [0.05, 0.1) is 18.9 Å². The van der Waals surface area contributed by atoms with Crippen LogP contribution >= 0.6 is 0 Å². The van der Waals surface area contributed by atoms with E-state index >= 15 is 0 Å². The zero-order valence-electron chi connectivity index (χ0n) is 14.5. The number of carbonyl (C=O) groups excluding carboxylic acids is 1. The van der Waals surface area contributed by atoms with Crippen molar-refractivity contribution in [1.29, 1.82) is 0 Å². The first-order chi connectivity index (χ1) is 12.3. The Labute approximate surface area is 149 Å². The molecule has 0 bridgehead atoms. The summed E-state index contributed by atoms with van der Waals surface area (Å²) in [7, 11) is 1.49. The molecule has 0 aliphatic heterocycles. The second-order valence-corrected chi connectivity index (χ2v) is 5.65. The second-order valence-electron chi connectivity index (χ2n) is 5.65. The largest absolute Gasteiger partial charge is 0.493 e. The van der Waals surface area contributed by atoms with E-state index in [0.717, 1.165) is 6.08 Å². The van der Waals surface area contributed by atoms with Crippen molar-refractivity contribution in [3.05, 3.63) is 59.4 Å². The molecule has 0 atom stereocenters. The van der Waals surface area contributed by atoms with Gasteiger partial charge in [-0.25, -0.2) is 13.2 Å². The van der Waals surface area contributed by atoms with Crippen molar-refractivity contribution in [3.8, 4) is 11.5 Å². The van der Waals surface area contributed by atoms with Crippen molar-refractivity contribution < 1.29 is 27.4 Å². The quantitative estimate of drug-likeness (QED) is 0.603. The predicted octanol–water partition coefficient (Wildman–Crippen LogP) is 4.55. The number of carbonyl (C=O) groups is 1. The highest BCUT2D eigenvalue weighted by Crippen LogP contribution is 2.29. The number of benzene rings is 2. The molecule has 0 unspecified atom stereocenters. The van der Waals surface area contributed by atoms with E-state index in [9.17, 15) is 18.0 Å². The molecular formula is C19H18F3NO3. The molecule has 0 spiro atoms. The van der Waals surface area contributed by atoms with Gasteiger partial charge in [-0.2, -0.15) is 0 Å². The van der Waals surface area contributed by atoms with Gasteiger partial charge in [-0.15, -0.1) is 0 Å². The lowest BCUT2D eigenvalue weighted by Crippen LogP contribution is -2.10. The van der Waals surface area contributed by atoms with Crippen LogP contribution in [-0.4, -0.2) is 19.1 Å². The van der Waals surface area contributed by atoms with Gasteiger partial charge < -0.3 is 14.8 Å². The lowest BCUT2D eigenvalue weighted by Gasteiger charge is -2.13. The molecule has 0 aliphatic rings. The molecule has 138 valence electrons. The summed E-state index contributed by atoms with van der Waals surface area (Å²) in [5, 5.41) is 2.15. The molecule has 26 heavy (non-hydrogen) atoms. The third-order valence-corrected chi connectivity index (χ3v) is 3.25. The number of ether oxygens (including phenoxy) is 2. The van der Waals surface area contributed by atoms with Gasteiger partial charge in [-0.05, 0) is 37.6 Å². The molecule has 4 nitrogen and oxygen atoms in total. The number of hydrogen-bond donors (Lipinski definition) is 1. The van der Waals surface area contributed by atoms with Crippen molar-refractivity contribution in [1.82, 2.24) is 0 Å². The smallest absolute Gasteiger partial charge is 0.248 e. The number of hydrogen-bond acceptors (Lipinski definition) is 3. The van der Waals surface area contributed by atoms with Crippen LogP contribution in [0.25, 0.3) is 6.08 Å². The average Bonchev–Trinajstić information content (AvgIpc) is 2.58. The summed E-state index contributed by atoms with van der Waals surface area (Å²) in [5.74, 6) is -3.29. The zero-order chi connectivity index (χ0) is 19.3. The molecule has 7 heteroatoms. The first-order valence-corrected chi connectivity index (χ1v) is 7.78. The Bertz CT molecular complexity index is 835. The van der Waals surface area contributed by atoms with E-state index in [1.807, 2.05) is 13.8 Å². The van der Waals surface area contributed by atoms with Crippen LogP contribution < -0.4 is 14.8 Å².